The quantitative estimate of drug-likeness (QED) is 0.609. The third-order valence-corrected chi connectivity index (χ3v) is 5.59. The van der Waals surface area contributed by atoms with Crippen molar-refractivity contribution in [2.75, 3.05) is 11.4 Å². The number of H-pyrrole nitrogens is 1. The van der Waals surface area contributed by atoms with Crippen molar-refractivity contribution in [2.24, 2.45) is 13.0 Å². The number of hydrogen-bond donors (Lipinski definition) is 1. The van der Waals surface area contributed by atoms with Crippen LogP contribution in [0.4, 0.5) is 5.69 Å². The minimum atomic E-state index is 0.107. The highest BCUT2D eigenvalue weighted by molar-refractivity contribution is 5.99. The SMILES string of the molecule is C[C@H]1CCN(c2ccc3n[nH]c(Cc4ccc5c(cnn5C)c4)c3c2)C1=O. The normalized spacial score (nSPS) is 17.5. The molecule has 1 amide bonds. The minimum Gasteiger partial charge on any atom is -0.312 e. The van der Waals surface area contributed by atoms with Gasteiger partial charge in [-0.25, -0.2) is 0 Å². The van der Waals surface area contributed by atoms with E-state index >= 15 is 0 Å². The summed E-state index contributed by atoms with van der Waals surface area (Å²) in [6.45, 7) is 2.79. The molecule has 0 saturated carbocycles. The van der Waals surface area contributed by atoms with Gasteiger partial charge < -0.3 is 4.90 Å². The Labute approximate surface area is 156 Å². The van der Waals surface area contributed by atoms with Gasteiger partial charge in [-0.1, -0.05) is 13.0 Å². The Bertz CT molecular complexity index is 1170. The van der Waals surface area contributed by atoms with Gasteiger partial charge in [0.1, 0.15) is 0 Å². The van der Waals surface area contributed by atoms with Crippen LogP contribution in [0, 0.1) is 5.92 Å². The summed E-state index contributed by atoms with van der Waals surface area (Å²) in [5, 5.41) is 14.1. The lowest BCUT2D eigenvalue weighted by Gasteiger charge is -2.16. The van der Waals surface area contributed by atoms with Crippen molar-refractivity contribution in [2.45, 2.75) is 19.8 Å². The van der Waals surface area contributed by atoms with Gasteiger partial charge in [-0.05, 0) is 42.3 Å². The van der Waals surface area contributed by atoms with Crippen molar-refractivity contribution < 1.29 is 4.79 Å². The first-order chi connectivity index (χ1) is 13.1. The van der Waals surface area contributed by atoms with E-state index in [0.717, 1.165) is 52.6 Å². The maximum absolute atomic E-state index is 12.4. The van der Waals surface area contributed by atoms with Gasteiger partial charge in [0.15, 0.2) is 0 Å². The van der Waals surface area contributed by atoms with Gasteiger partial charge in [0, 0.05) is 48.1 Å². The van der Waals surface area contributed by atoms with Crippen LogP contribution in [0.5, 0.6) is 0 Å². The number of rotatable bonds is 3. The van der Waals surface area contributed by atoms with Gasteiger partial charge in [0.2, 0.25) is 5.91 Å². The first kappa shape index (κ1) is 16.1. The first-order valence-electron chi connectivity index (χ1n) is 9.29. The number of anilines is 1. The van der Waals surface area contributed by atoms with Crippen LogP contribution in [0.1, 0.15) is 24.6 Å². The Morgan fingerprint density at radius 1 is 1.22 bits per heavy atom. The van der Waals surface area contributed by atoms with E-state index in [9.17, 15) is 4.79 Å². The second-order valence-electron chi connectivity index (χ2n) is 7.42. The summed E-state index contributed by atoms with van der Waals surface area (Å²) in [5.74, 6) is 0.317. The lowest BCUT2D eigenvalue weighted by molar-refractivity contribution is -0.119. The topological polar surface area (TPSA) is 66.8 Å². The van der Waals surface area contributed by atoms with E-state index in [0.29, 0.717) is 0 Å². The number of nitrogens with zero attached hydrogens (tertiary/aromatic N) is 4. The standard InChI is InChI=1S/C21H21N5O/c1-13-7-8-26(21(13)27)16-4-5-18-17(11-16)19(24-23-18)10-14-3-6-20-15(9-14)12-22-25(20)2/h3-6,9,11-13H,7-8,10H2,1-2H3,(H,23,24)/t13-/m0/s1. The average Bonchev–Trinajstić information content (AvgIpc) is 3.34. The van der Waals surface area contributed by atoms with Gasteiger partial charge in [-0.3, -0.25) is 14.6 Å². The molecule has 0 aliphatic carbocycles. The lowest BCUT2D eigenvalue weighted by atomic mass is 10.0. The molecule has 0 radical (unpaired) electrons. The van der Waals surface area contributed by atoms with Crippen LogP contribution >= 0.6 is 0 Å². The van der Waals surface area contributed by atoms with E-state index in [1.54, 1.807) is 0 Å². The largest absolute Gasteiger partial charge is 0.312 e. The van der Waals surface area contributed by atoms with Gasteiger partial charge in [0.25, 0.3) is 0 Å². The Hall–Kier alpha value is -3.15. The first-order valence-corrected chi connectivity index (χ1v) is 9.29. The number of aromatic amines is 1. The van der Waals surface area contributed by atoms with Crippen LogP contribution in [0.25, 0.3) is 21.8 Å². The molecule has 136 valence electrons. The van der Waals surface area contributed by atoms with Gasteiger partial charge >= 0.3 is 0 Å². The van der Waals surface area contributed by atoms with Crippen LogP contribution in [0.15, 0.2) is 42.6 Å². The molecule has 1 atom stereocenters. The maximum Gasteiger partial charge on any atom is 0.229 e. The summed E-state index contributed by atoms with van der Waals surface area (Å²) < 4.78 is 1.88. The molecule has 5 rings (SSSR count). The third kappa shape index (κ3) is 2.60. The zero-order valence-electron chi connectivity index (χ0n) is 15.4. The van der Waals surface area contributed by atoms with Crippen LogP contribution < -0.4 is 4.90 Å². The molecule has 0 bridgehead atoms. The molecule has 6 nitrogen and oxygen atoms in total. The highest BCUT2D eigenvalue weighted by Gasteiger charge is 2.29. The summed E-state index contributed by atoms with van der Waals surface area (Å²) in [6, 6.07) is 12.5. The Morgan fingerprint density at radius 2 is 2.11 bits per heavy atom. The number of nitrogens with one attached hydrogen (secondary N) is 1. The number of aromatic nitrogens is 4. The smallest absolute Gasteiger partial charge is 0.229 e. The van der Waals surface area contributed by atoms with E-state index in [-0.39, 0.29) is 11.8 Å². The fourth-order valence-electron chi connectivity index (χ4n) is 3.96. The number of hydrogen-bond acceptors (Lipinski definition) is 3. The second kappa shape index (κ2) is 5.94. The van der Waals surface area contributed by atoms with E-state index in [2.05, 4.69) is 39.6 Å². The maximum atomic E-state index is 12.4. The lowest BCUT2D eigenvalue weighted by Crippen LogP contribution is -2.25. The molecule has 1 saturated heterocycles. The van der Waals surface area contributed by atoms with Gasteiger partial charge in [0.05, 0.1) is 17.2 Å². The number of aryl methyl sites for hydroxylation is 1. The molecule has 3 heterocycles. The molecule has 1 aliphatic rings. The summed E-state index contributed by atoms with van der Waals surface area (Å²) in [4.78, 5) is 14.3. The molecule has 27 heavy (non-hydrogen) atoms. The molecule has 2 aromatic heterocycles. The molecule has 1 fully saturated rings. The molecular formula is C21H21N5O. The van der Waals surface area contributed by atoms with Crippen molar-refractivity contribution in [1.29, 1.82) is 0 Å². The van der Waals surface area contributed by atoms with Crippen LogP contribution in [0.3, 0.4) is 0 Å². The molecule has 6 heteroatoms. The third-order valence-electron chi connectivity index (χ3n) is 5.59. The molecule has 0 spiro atoms. The number of amides is 1. The van der Waals surface area contributed by atoms with E-state index in [1.807, 2.05) is 41.9 Å². The van der Waals surface area contributed by atoms with Crippen molar-refractivity contribution in [3.05, 3.63) is 53.9 Å². The number of carbonyl (C=O) groups is 1. The predicted molar refractivity (Wildman–Crippen MR) is 106 cm³/mol. The molecular weight excluding hydrogens is 338 g/mol. The van der Waals surface area contributed by atoms with Crippen LogP contribution in [-0.2, 0) is 18.3 Å². The van der Waals surface area contributed by atoms with Crippen molar-refractivity contribution >= 4 is 33.4 Å². The van der Waals surface area contributed by atoms with E-state index in [4.69, 9.17) is 0 Å². The second-order valence-corrected chi connectivity index (χ2v) is 7.42. The van der Waals surface area contributed by atoms with Gasteiger partial charge in [-0.2, -0.15) is 10.2 Å². The van der Waals surface area contributed by atoms with Crippen molar-refractivity contribution in [3.63, 3.8) is 0 Å². The van der Waals surface area contributed by atoms with E-state index < -0.39 is 0 Å². The Balaban J connectivity index is 1.50. The zero-order valence-corrected chi connectivity index (χ0v) is 15.4. The summed E-state index contributed by atoms with van der Waals surface area (Å²) in [5.41, 5.74) is 5.28. The Kier molecular flexibility index (Phi) is 3.53. The van der Waals surface area contributed by atoms with Crippen LogP contribution in [-0.4, -0.2) is 32.4 Å². The van der Waals surface area contributed by atoms with E-state index in [1.165, 1.54) is 5.56 Å². The molecule has 0 unspecified atom stereocenters. The number of fused-ring (bicyclic) bond motifs is 2. The fourth-order valence-corrected chi connectivity index (χ4v) is 3.96. The monoisotopic (exact) mass is 359 g/mol. The minimum absolute atomic E-state index is 0.107. The molecule has 2 aromatic carbocycles. The number of benzene rings is 2. The summed E-state index contributed by atoms with van der Waals surface area (Å²) >= 11 is 0. The molecule has 1 aliphatic heterocycles. The Morgan fingerprint density at radius 3 is 2.93 bits per heavy atom. The van der Waals surface area contributed by atoms with Crippen LogP contribution in [0.2, 0.25) is 0 Å². The highest BCUT2D eigenvalue weighted by Crippen LogP contribution is 2.29. The number of carbonyl (C=O) groups excluding carboxylic acids is 1. The van der Waals surface area contributed by atoms with Crippen molar-refractivity contribution in [3.8, 4) is 0 Å². The summed E-state index contributed by atoms with van der Waals surface area (Å²) in [6.07, 6.45) is 3.57. The van der Waals surface area contributed by atoms with Gasteiger partial charge in [-0.15, -0.1) is 0 Å². The molecule has 1 N–H and O–H groups in total. The molecule has 4 aromatic rings. The van der Waals surface area contributed by atoms with Crippen molar-refractivity contribution in [1.82, 2.24) is 20.0 Å². The average molecular weight is 359 g/mol. The highest BCUT2D eigenvalue weighted by atomic mass is 16.2. The predicted octanol–water partition coefficient (Wildman–Crippen LogP) is 3.41. The summed E-state index contributed by atoms with van der Waals surface area (Å²) in [7, 11) is 1.95. The zero-order chi connectivity index (χ0) is 18.5. The fraction of sp³-hybridized carbons (Fsp3) is 0.286.